The molecule has 5 nitrogen and oxygen atoms in total. The number of hydrogen-bond acceptors (Lipinski definition) is 4. The van der Waals surface area contributed by atoms with Gasteiger partial charge in [0.1, 0.15) is 5.75 Å². The van der Waals surface area contributed by atoms with Crippen molar-refractivity contribution in [1.82, 2.24) is 5.32 Å². The maximum absolute atomic E-state index is 12.4. The first-order valence-electron chi connectivity index (χ1n) is 9.37. The average Bonchev–Trinajstić information content (AvgIpc) is 2.76. The molecule has 0 unspecified atom stereocenters. The fraction of sp³-hybridized carbons (Fsp3) is 0.167. The van der Waals surface area contributed by atoms with Gasteiger partial charge in [-0.25, -0.2) is 4.79 Å². The lowest BCUT2D eigenvalue weighted by Crippen LogP contribution is -2.33. The molecular weight excluding hydrogens is 366 g/mol. The Kier molecular flexibility index (Phi) is 7.00. The molecule has 0 heterocycles. The van der Waals surface area contributed by atoms with Crippen LogP contribution in [-0.4, -0.2) is 25.1 Å². The molecular formula is C24H23NO4. The summed E-state index contributed by atoms with van der Waals surface area (Å²) in [5.41, 5.74) is 2.81. The van der Waals surface area contributed by atoms with Crippen LogP contribution in [-0.2, 0) is 14.3 Å². The lowest BCUT2D eigenvalue weighted by molar-refractivity contribution is -0.150. The summed E-state index contributed by atoms with van der Waals surface area (Å²) in [6.07, 6.45) is 0. The highest BCUT2D eigenvalue weighted by atomic mass is 16.6. The van der Waals surface area contributed by atoms with Crippen molar-refractivity contribution < 1.29 is 19.1 Å². The number of carbonyl (C=O) groups is 2. The van der Waals surface area contributed by atoms with Crippen molar-refractivity contribution in [2.24, 2.45) is 0 Å². The fourth-order valence-corrected chi connectivity index (χ4v) is 2.90. The highest BCUT2D eigenvalue weighted by molar-refractivity contribution is 5.81. The van der Waals surface area contributed by atoms with Gasteiger partial charge in [0.15, 0.2) is 13.2 Å². The summed E-state index contributed by atoms with van der Waals surface area (Å²) in [7, 11) is 0. The lowest BCUT2D eigenvalue weighted by atomic mass is 9.99. The summed E-state index contributed by atoms with van der Waals surface area (Å²) < 4.78 is 10.5. The van der Waals surface area contributed by atoms with Gasteiger partial charge in [-0.1, -0.05) is 78.9 Å². The molecule has 1 amide bonds. The van der Waals surface area contributed by atoms with Gasteiger partial charge in [0.25, 0.3) is 5.91 Å². The number of ether oxygens (including phenoxy) is 2. The van der Waals surface area contributed by atoms with E-state index in [1.54, 1.807) is 6.07 Å². The van der Waals surface area contributed by atoms with Crippen LogP contribution in [0.2, 0.25) is 0 Å². The second-order valence-corrected chi connectivity index (χ2v) is 6.54. The summed E-state index contributed by atoms with van der Waals surface area (Å²) in [5.74, 6) is -0.367. The van der Waals surface area contributed by atoms with Gasteiger partial charge < -0.3 is 14.8 Å². The van der Waals surface area contributed by atoms with Crippen LogP contribution in [0.15, 0.2) is 84.9 Å². The van der Waals surface area contributed by atoms with Gasteiger partial charge in [-0.2, -0.15) is 0 Å². The number of para-hydroxylation sites is 1. The van der Waals surface area contributed by atoms with Crippen molar-refractivity contribution in [2.75, 3.05) is 13.2 Å². The topological polar surface area (TPSA) is 64.6 Å². The summed E-state index contributed by atoms with van der Waals surface area (Å²) in [4.78, 5) is 24.3. The minimum atomic E-state index is -0.598. The fourth-order valence-electron chi connectivity index (χ4n) is 2.90. The SMILES string of the molecule is Cc1ccccc1OCC(=O)OCC(=O)NC(c1ccccc1)c1ccccc1. The van der Waals surface area contributed by atoms with Crippen molar-refractivity contribution in [3.63, 3.8) is 0 Å². The van der Waals surface area contributed by atoms with E-state index in [9.17, 15) is 9.59 Å². The van der Waals surface area contributed by atoms with Crippen LogP contribution in [0.4, 0.5) is 0 Å². The number of amides is 1. The van der Waals surface area contributed by atoms with Gasteiger partial charge in [0.05, 0.1) is 6.04 Å². The Morgan fingerprint density at radius 2 is 1.34 bits per heavy atom. The quantitative estimate of drug-likeness (QED) is 0.595. The highest BCUT2D eigenvalue weighted by Gasteiger charge is 2.17. The van der Waals surface area contributed by atoms with Crippen LogP contribution in [0.1, 0.15) is 22.7 Å². The summed E-state index contributed by atoms with van der Waals surface area (Å²) in [5, 5.41) is 2.93. The summed E-state index contributed by atoms with van der Waals surface area (Å²) in [6, 6.07) is 26.3. The van der Waals surface area contributed by atoms with E-state index in [1.165, 1.54) is 0 Å². The van der Waals surface area contributed by atoms with Gasteiger partial charge >= 0.3 is 5.97 Å². The van der Waals surface area contributed by atoms with E-state index in [-0.39, 0.29) is 25.2 Å². The number of rotatable bonds is 8. The monoisotopic (exact) mass is 389 g/mol. The van der Waals surface area contributed by atoms with Crippen molar-refractivity contribution in [1.29, 1.82) is 0 Å². The molecule has 0 aliphatic carbocycles. The van der Waals surface area contributed by atoms with E-state index < -0.39 is 5.97 Å². The number of hydrogen-bond donors (Lipinski definition) is 1. The highest BCUT2D eigenvalue weighted by Crippen LogP contribution is 2.21. The molecule has 3 rings (SSSR count). The first-order valence-corrected chi connectivity index (χ1v) is 9.37. The standard InChI is InChI=1S/C24H23NO4/c1-18-10-8-9-15-21(18)28-17-23(27)29-16-22(26)25-24(19-11-4-2-5-12-19)20-13-6-3-7-14-20/h2-15,24H,16-17H2,1H3,(H,25,26). The van der Waals surface area contributed by atoms with Gasteiger partial charge in [-0.3, -0.25) is 4.79 Å². The van der Waals surface area contributed by atoms with Crippen LogP contribution >= 0.6 is 0 Å². The van der Waals surface area contributed by atoms with Crippen LogP contribution in [0.5, 0.6) is 5.75 Å². The molecule has 0 aromatic heterocycles. The zero-order chi connectivity index (χ0) is 20.5. The second-order valence-electron chi connectivity index (χ2n) is 6.54. The summed E-state index contributed by atoms with van der Waals surface area (Å²) >= 11 is 0. The Labute approximate surface area is 170 Å². The van der Waals surface area contributed by atoms with E-state index in [1.807, 2.05) is 85.8 Å². The molecule has 0 bridgehead atoms. The molecule has 148 valence electrons. The molecule has 0 spiro atoms. The van der Waals surface area contributed by atoms with Crippen molar-refractivity contribution in [3.8, 4) is 5.75 Å². The zero-order valence-corrected chi connectivity index (χ0v) is 16.2. The van der Waals surface area contributed by atoms with Crippen LogP contribution in [0.3, 0.4) is 0 Å². The predicted molar refractivity (Wildman–Crippen MR) is 111 cm³/mol. The molecule has 5 heteroatoms. The van der Waals surface area contributed by atoms with Crippen LogP contribution < -0.4 is 10.1 Å². The third kappa shape index (κ3) is 5.94. The molecule has 0 aliphatic rings. The first-order chi connectivity index (χ1) is 14.1. The molecule has 0 fully saturated rings. The van der Waals surface area contributed by atoms with E-state index in [0.29, 0.717) is 5.75 Å². The number of carbonyl (C=O) groups excluding carboxylic acids is 2. The van der Waals surface area contributed by atoms with Crippen LogP contribution in [0.25, 0.3) is 0 Å². The smallest absolute Gasteiger partial charge is 0.344 e. The number of aryl methyl sites for hydroxylation is 1. The molecule has 3 aromatic rings. The molecule has 0 aliphatic heterocycles. The Morgan fingerprint density at radius 3 is 1.93 bits per heavy atom. The summed E-state index contributed by atoms with van der Waals surface area (Å²) in [6.45, 7) is 1.27. The maximum Gasteiger partial charge on any atom is 0.344 e. The Hall–Kier alpha value is -3.60. The Morgan fingerprint density at radius 1 is 0.793 bits per heavy atom. The van der Waals surface area contributed by atoms with Gasteiger partial charge in [-0.05, 0) is 29.7 Å². The largest absolute Gasteiger partial charge is 0.482 e. The predicted octanol–water partition coefficient (Wildman–Crippen LogP) is 3.82. The molecule has 0 saturated heterocycles. The van der Waals surface area contributed by atoms with Gasteiger partial charge in [0.2, 0.25) is 0 Å². The van der Waals surface area contributed by atoms with Crippen molar-refractivity contribution >= 4 is 11.9 Å². The normalized spacial score (nSPS) is 10.4. The molecule has 0 radical (unpaired) electrons. The molecule has 0 saturated carbocycles. The van der Waals surface area contributed by atoms with E-state index in [4.69, 9.17) is 9.47 Å². The Bertz CT molecular complexity index is 902. The zero-order valence-electron chi connectivity index (χ0n) is 16.2. The van der Waals surface area contributed by atoms with Crippen molar-refractivity contribution in [2.45, 2.75) is 13.0 Å². The third-order valence-electron chi connectivity index (χ3n) is 4.37. The third-order valence-corrected chi connectivity index (χ3v) is 4.37. The molecule has 1 N–H and O–H groups in total. The number of benzene rings is 3. The first kappa shape index (κ1) is 20.1. The number of nitrogens with one attached hydrogen (secondary N) is 1. The van der Waals surface area contributed by atoms with E-state index in [2.05, 4.69) is 5.32 Å². The van der Waals surface area contributed by atoms with Crippen LogP contribution in [0, 0.1) is 6.92 Å². The number of esters is 1. The second kappa shape index (κ2) is 10.1. The maximum atomic E-state index is 12.4. The lowest BCUT2D eigenvalue weighted by Gasteiger charge is -2.20. The van der Waals surface area contributed by atoms with E-state index >= 15 is 0 Å². The molecule has 0 atom stereocenters. The molecule has 3 aromatic carbocycles. The minimum Gasteiger partial charge on any atom is -0.482 e. The molecule has 29 heavy (non-hydrogen) atoms. The minimum absolute atomic E-state index is 0.251. The van der Waals surface area contributed by atoms with Gasteiger partial charge in [0, 0.05) is 0 Å². The Balaban J connectivity index is 1.55. The van der Waals surface area contributed by atoms with Gasteiger partial charge in [-0.15, -0.1) is 0 Å². The van der Waals surface area contributed by atoms with Crippen molar-refractivity contribution in [3.05, 3.63) is 102 Å². The average molecular weight is 389 g/mol. The van der Waals surface area contributed by atoms with E-state index in [0.717, 1.165) is 16.7 Å².